The monoisotopic (exact) mass is 736 g/mol. The number of hydrogen-bond donors (Lipinski definition) is 1. The van der Waals surface area contributed by atoms with Gasteiger partial charge < -0.3 is 29.3 Å². The first kappa shape index (κ1) is 41.3. The van der Waals surface area contributed by atoms with Gasteiger partial charge in [0.15, 0.2) is 0 Å². The van der Waals surface area contributed by atoms with Crippen LogP contribution >= 0.6 is 0 Å². The van der Waals surface area contributed by atoms with Gasteiger partial charge in [-0.3, -0.25) is 19.4 Å². The number of nitrogens with one attached hydrogen (secondary N) is 1. The molecule has 2 saturated heterocycles. The fourth-order valence-electron chi connectivity index (χ4n) is 6.62. The lowest BCUT2D eigenvalue weighted by Gasteiger charge is -2.35. The lowest BCUT2D eigenvalue weighted by molar-refractivity contribution is -0.155. The second kappa shape index (κ2) is 19.0. The van der Waals surface area contributed by atoms with Crippen LogP contribution in [0.15, 0.2) is 42.6 Å². The highest BCUT2D eigenvalue weighted by Crippen LogP contribution is 2.28. The normalized spacial score (nSPS) is 17.7. The van der Waals surface area contributed by atoms with Gasteiger partial charge in [-0.15, -0.1) is 0 Å². The van der Waals surface area contributed by atoms with Crippen LogP contribution in [0.2, 0.25) is 0 Å². The topological polar surface area (TPSA) is 127 Å². The molecule has 0 spiro atoms. The van der Waals surface area contributed by atoms with Gasteiger partial charge in [0.05, 0.1) is 24.1 Å². The molecular weight excluding hydrogens is 679 g/mol. The van der Waals surface area contributed by atoms with Gasteiger partial charge >= 0.3 is 12.1 Å². The number of aromatic nitrogens is 1. The summed E-state index contributed by atoms with van der Waals surface area (Å²) < 4.78 is 29.2. The molecule has 2 fully saturated rings. The van der Waals surface area contributed by atoms with E-state index in [1.54, 1.807) is 61.0 Å². The third-order valence-electron chi connectivity index (χ3n) is 9.17. The Hall–Kier alpha value is -4.48. The van der Waals surface area contributed by atoms with Crippen LogP contribution in [0.25, 0.3) is 12.2 Å². The van der Waals surface area contributed by atoms with E-state index in [0.717, 1.165) is 24.8 Å². The Morgan fingerprint density at radius 3 is 2.38 bits per heavy atom. The molecule has 2 atom stereocenters. The molecule has 0 radical (unpaired) electrons. The molecule has 2 aliphatic rings. The average molecular weight is 737 g/mol. The third kappa shape index (κ3) is 13.8. The molecule has 0 aliphatic carbocycles. The summed E-state index contributed by atoms with van der Waals surface area (Å²) in [7, 11) is 0. The summed E-state index contributed by atoms with van der Waals surface area (Å²) in [5, 5.41) is 3.11. The van der Waals surface area contributed by atoms with Crippen LogP contribution < -0.4 is 10.1 Å². The van der Waals surface area contributed by atoms with E-state index < -0.39 is 35.8 Å². The van der Waals surface area contributed by atoms with Gasteiger partial charge in [-0.1, -0.05) is 24.3 Å². The summed E-state index contributed by atoms with van der Waals surface area (Å²) in [6, 6.07) is 10.1. The number of alkyl halides is 1. The van der Waals surface area contributed by atoms with E-state index in [1.165, 1.54) is 0 Å². The standard InChI is InChI=1S/C41H57FN4O7/c1-40(2,3)52-37(48)27-35(33-13-8-21-43-34(33)16-14-30-10-7-12-32(26-30)51-25-20-42)44-38(49)31-11-9-22-46(28-31)36(47)17-15-29-18-23-45(24-19-29)39(50)53-41(4,5)6/h7-8,10,12-14,16,21,26,29,31,35H,9,11,15,17-20,22-25,27-28H2,1-6H3,(H,44,49)/b16-14+/t31-,35+/m1/s1. The number of ether oxygens (including phenoxy) is 3. The van der Waals surface area contributed by atoms with Crippen molar-refractivity contribution < 1.29 is 37.8 Å². The zero-order valence-electron chi connectivity index (χ0n) is 32.2. The van der Waals surface area contributed by atoms with Crippen molar-refractivity contribution in [3.05, 3.63) is 59.4 Å². The Morgan fingerprint density at radius 1 is 0.943 bits per heavy atom. The fourth-order valence-corrected chi connectivity index (χ4v) is 6.62. The van der Waals surface area contributed by atoms with Crippen LogP contribution in [0.3, 0.4) is 0 Å². The number of amides is 3. The van der Waals surface area contributed by atoms with Crippen molar-refractivity contribution in [3.8, 4) is 5.75 Å². The molecule has 1 N–H and O–H groups in total. The van der Waals surface area contributed by atoms with E-state index in [4.69, 9.17) is 14.2 Å². The highest BCUT2D eigenvalue weighted by Gasteiger charge is 2.33. The van der Waals surface area contributed by atoms with Gasteiger partial charge in [-0.2, -0.15) is 0 Å². The Morgan fingerprint density at radius 2 is 1.68 bits per heavy atom. The minimum Gasteiger partial charge on any atom is -0.491 e. The van der Waals surface area contributed by atoms with E-state index in [0.29, 0.717) is 68.4 Å². The molecular formula is C41H57FN4O7. The van der Waals surface area contributed by atoms with E-state index in [1.807, 2.05) is 45.0 Å². The predicted octanol–water partition coefficient (Wildman–Crippen LogP) is 7.16. The van der Waals surface area contributed by atoms with E-state index >= 15 is 0 Å². The quantitative estimate of drug-likeness (QED) is 0.215. The van der Waals surface area contributed by atoms with Crippen LogP contribution in [0.1, 0.15) is 109 Å². The van der Waals surface area contributed by atoms with Crippen LogP contribution in [0.4, 0.5) is 9.18 Å². The van der Waals surface area contributed by atoms with Crippen LogP contribution in [-0.2, 0) is 23.9 Å². The maximum Gasteiger partial charge on any atom is 0.410 e. The number of carbonyl (C=O) groups excluding carboxylic acids is 4. The summed E-state index contributed by atoms with van der Waals surface area (Å²) in [6.07, 6.45) is 8.99. The van der Waals surface area contributed by atoms with E-state index in [9.17, 15) is 23.6 Å². The smallest absolute Gasteiger partial charge is 0.410 e. The van der Waals surface area contributed by atoms with Crippen molar-refractivity contribution in [2.24, 2.45) is 11.8 Å². The summed E-state index contributed by atoms with van der Waals surface area (Å²) in [5.41, 5.74) is 0.773. The molecule has 11 nitrogen and oxygen atoms in total. The molecule has 290 valence electrons. The molecule has 53 heavy (non-hydrogen) atoms. The molecule has 2 aromatic rings. The number of esters is 1. The molecule has 1 aromatic carbocycles. The zero-order chi connectivity index (χ0) is 38.6. The predicted molar refractivity (Wildman–Crippen MR) is 201 cm³/mol. The van der Waals surface area contributed by atoms with Gasteiger partial charge in [-0.05, 0) is 109 Å². The molecule has 3 heterocycles. The Kier molecular flexibility index (Phi) is 14.8. The van der Waals surface area contributed by atoms with Crippen LogP contribution in [0.5, 0.6) is 5.75 Å². The number of halogens is 1. The Labute approximate surface area is 313 Å². The van der Waals surface area contributed by atoms with Gasteiger partial charge in [-0.25, -0.2) is 9.18 Å². The molecule has 1 aromatic heterocycles. The average Bonchev–Trinajstić information content (AvgIpc) is 3.11. The molecule has 4 rings (SSSR count). The first-order valence-electron chi connectivity index (χ1n) is 18.8. The van der Waals surface area contributed by atoms with Crippen molar-refractivity contribution in [1.29, 1.82) is 0 Å². The molecule has 0 bridgehead atoms. The molecule has 0 saturated carbocycles. The number of benzene rings is 1. The number of nitrogens with zero attached hydrogens (tertiary/aromatic N) is 3. The maximum absolute atomic E-state index is 13.9. The molecule has 3 amide bonds. The molecule has 2 aliphatic heterocycles. The van der Waals surface area contributed by atoms with Crippen molar-refractivity contribution in [2.45, 2.75) is 104 Å². The van der Waals surface area contributed by atoms with Crippen molar-refractivity contribution >= 4 is 36.0 Å². The lowest BCUT2D eigenvalue weighted by atomic mass is 9.91. The number of pyridine rings is 1. The second-order valence-corrected chi connectivity index (χ2v) is 15.9. The lowest BCUT2D eigenvalue weighted by Crippen LogP contribution is -2.46. The Balaban J connectivity index is 1.40. The van der Waals surface area contributed by atoms with Crippen molar-refractivity contribution in [2.75, 3.05) is 39.5 Å². The van der Waals surface area contributed by atoms with Crippen LogP contribution in [-0.4, -0.2) is 89.3 Å². The first-order chi connectivity index (χ1) is 25.1. The van der Waals surface area contributed by atoms with Gasteiger partial charge in [0, 0.05) is 44.4 Å². The first-order valence-corrected chi connectivity index (χ1v) is 18.8. The SMILES string of the molecule is CC(C)(C)OC(=O)C[C@H](NC(=O)[C@@H]1CCCN(C(=O)CCC2CCN(C(=O)OC(C)(C)C)CC2)C1)c1cccnc1/C=C/c1cccc(OCCF)c1. The van der Waals surface area contributed by atoms with Gasteiger partial charge in [0.2, 0.25) is 11.8 Å². The minimum atomic E-state index is -0.734. The second-order valence-electron chi connectivity index (χ2n) is 15.9. The van der Waals surface area contributed by atoms with Crippen molar-refractivity contribution in [3.63, 3.8) is 0 Å². The maximum atomic E-state index is 13.9. The van der Waals surface area contributed by atoms with E-state index in [-0.39, 0.29) is 30.9 Å². The van der Waals surface area contributed by atoms with Crippen LogP contribution in [0, 0.1) is 11.8 Å². The number of carbonyl (C=O) groups is 4. The zero-order valence-corrected chi connectivity index (χ0v) is 32.2. The largest absolute Gasteiger partial charge is 0.491 e. The summed E-state index contributed by atoms with van der Waals surface area (Å²) in [4.78, 5) is 60.9. The number of piperidine rings is 2. The summed E-state index contributed by atoms with van der Waals surface area (Å²) in [5.74, 6) is -0.216. The highest BCUT2D eigenvalue weighted by molar-refractivity contribution is 5.83. The van der Waals surface area contributed by atoms with Gasteiger partial charge in [0.1, 0.15) is 30.2 Å². The third-order valence-corrected chi connectivity index (χ3v) is 9.17. The summed E-state index contributed by atoms with van der Waals surface area (Å²) in [6.45, 7) is 12.5. The molecule has 12 heteroatoms. The number of likely N-dealkylation sites (tertiary alicyclic amines) is 2. The molecule has 0 unspecified atom stereocenters. The van der Waals surface area contributed by atoms with E-state index in [2.05, 4.69) is 10.3 Å². The number of rotatable bonds is 13. The number of hydrogen-bond acceptors (Lipinski definition) is 8. The fraction of sp³-hybridized carbons (Fsp3) is 0.585. The summed E-state index contributed by atoms with van der Waals surface area (Å²) >= 11 is 0. The van der Waals surface area contributed by atoms with Crippen molar-refractivity contribution in [1.82, 2.24) is 20.1 Å². The minimum absolute atomic E-state index is 0.0289. The highest BCUT2D eigenvalue weighted by atomic mass is 19.1. The van der Waals surface area contributed by atoms with Gasteiger partial charge in [0.25, 0.3) is 0 Å². The Bertz CT molecular complexity index is 1580.